The van der Waals surface area contributed by atoms with E-state index in [4.69, 9.17) is 0 Å². The number of carboxylic acids is 1. The van der Waals surface area contributed by atoms with Gasteiger partial charge in [-0.2, -0.15) is 5.10 Å². The van der Waals surface area contributed by atoms with Gasteiger partial charge in [-0.05, 0) is 19.8 Å². The first-order chi connectivity index (χ1) is 9.93. The number of amides is 2. The minimum Gasteiger partial charge on any atom is -0.480 e. The highest BCUT2D eigenvalue weighted by molar-refractivity contribution is 5.86. The molecule has 0 bridgehead atoms. The summed E-state index contributed by atoms with van der Waals surface area (Å²) >= 11 is 0. The number of hydrogen-bond acceptors (Lipinski definition) is 4. The predicted molar refractivity (Wildman–Crippen MR) is 74.6 cm³/mol. The fourth-order valence-electron chi connectivity index (χ4n) is 2.59. The number of carbonyl (C=O) groups is 2. The highest BCUT2D eigenvalue weighted by atomic mass is 16.4. The topological polar surface area (TPSA) is 111 Å². The molecule has 0 spiro atoms. The molecule has 0 saturated heterocycles. The van der Waals surface area contributed by atoms with Crippen molar-refractivity contribution in [3.63, 3.8) is 0 Å². The van der Waals surface area contributed by atoms with E-state index in [0.717, 1.165) is 19.3 Å². The number of rotatable bonds is 4. The van der Waals surface area contributed by atoms with Crippen LogP contribution in [0.4, 0.5) is 4.79 Å². The van der Waals surface area contributed by atoms with E-state index >= 15 is 0 Å². The van der Waals surface area contributed by atoms with Gasteiger partial charge in [-0.25, -0.2) is 14.6 Å². The fourth-order valence-corrected chi connectivity index (χ4v) is 2.59. The van der Waals surface area contributed by atoms with Gasteiger partial charge in [0.1, 0.15) is 11.4 Å². The van der Waals surface area contributed by atoms with Gasteiger partial charge in [0.25, 0.3) is 0 Å². The standard InChI is InChI=1S/C13H21N5O3/c1-9-14-10(17-16-9)8-18(2)12(21)15-13(11(19)20)6-4-3-5-7-13/h3-8H2,1-2H3,(H,15,21)(H,19,20)(H,14,16,17). The van der Waals surface area contributed by atoms with Crippen LogP contribution in [0.25, 0.3) is 0 Å². The Morgan fingerprint density at radius 1 is 1.38 bits per heavy atom. The molecular weight excluding hydrogens is 274 g/mol. The van der Waals surface area contributed by atoms with Crippen LogP contribution in [-0.4, -0.2) is 49.8 Å². The number of aromatic amines is 1. The van der Waals surface area contributed by atoms with E-state index in [1.54, 1.807) is 14.0 Å². The van der Waals surface area contributed by atoms with Gasteiger partial charge in [0.15, 0.2) is 5.82 Å². The van der Waals surface area contributed by atoms with Crippen LogP contribution in [0.3, 0.4) is 0 Å². The number of H-pyrrole nitrogens is 1. The van der Waals surface area contributed by atoms with Crippen LogP contribution < -0.4 is 5.32 Å². The van der Waals surface area contributed by atoms with Crippen molar-refractivity contribution in [1.29, 1.82) is 0 Å². The summed E-state index contributed by atoms with van der Waals surface area (Å²) in [4.78, 5) is 29.3. The van der Waals surface area contributed by atoms with Crippen LogP contribution in [0.5, 0.6) is 0 Å². The Balaban J connectivity index is 1.99. The van der Waals surface area contributed by atoms with Gasteiger partial charge >= 0.3 is 12.0 Å². The molecule has 0 aliphatic heterocycles. The van der Waals surface area contributed by atoms with E-state index in [-0.39, 0.29) is 6.54 Å². The summed E-state index contributed by atoms with van der Waals surface area (Å²) in [5.74, 6) is 0.212. The van der Waals surface area contributed by atoms with E-state index in [1.807, 2.05) is 0 Å². The first-order valence-corrected chi connectivity index (χ1v) is 7.07. The zero-order chi connectivity index (χ0) is 15.5. The molecule has 0 atom stereocenters. The van der Waals surface area contributed by atoms with E-state index in [9.17, 15) is 14.7 Å². The molecule has 21 heavy (non-hydrogen) atoms. The van der Waals surface area contributed by atoms with Gasteiger partial charge in [-0.1, -0.05) is 19.3 Å². The number of aliphatic carboxylic acids is 1. The SMILES string of the molecule is Cc1nc(CN(C)C(=O)NC2(C(=O)O)CCCCC2)n[nH]1. The van der Waals surface area contributed by atoms with Gasteiger partial charge in [0.2, 0.25) is 0 Å². The second-order valence-electron chi connectivity index (χ2n) is 5.57. The van der Waals surface area contributed by atoms with E-state index in [0.29, 0.717) is 24.5 Å². The lowest BCUT2D eigenvalue weighted by Gasteiger charge is -2.35. The molecule has 1 aromatic rings. The highest BCUT2D eigenvalue weighted by Gasteiger charge is 2.41. The van der Waals surface area contributed by atoms with Gasteiger partial charge < -0.3 is 15.3 Å². The fraction of sp³-hybridized carbons (Fsp3) is 0.692. The van der Waals surface area contributed by atoms with E-state index < -0.39 is 17.5 Å². The zero-order valence-corrected chi connectivity index (χ0v) is 12.3. The summed E-state index contributed by atoms with van der Waals surface area (Å²) in [7, 11) is 1.60. The molecule has 2 rings (SSSR count). The molecule has 2 amide bonds. The number of carboxylic acid groups (broad SMARTS) is 1. The first-order valence-electron chi connectivity index (χ1n) is 7.07. The molecule has 8 heteroatoms. The number of nitrogens with one attached hydrogen (secondary N) is 2. The van der Waals surface area contributed by atoms with Crippen LogP contribution in [0.15, 0.2) is 0 Å². The average Bonchev–Trinajstić information content (AvgIpc) is 2.85. The Morgan fingerprint density at radius 3 is 2.57 bits per heavy atom. The lowest BCUT2D eigenvalue weighted by atomic mass is 9.82. The molecule has 3 N–H and O–H groups in total. The summed E-state index contributed by atoms with van der Waals surface area (Å²) < 4.78 is 0. The Morgan fingerprint density at radius 2 is 2.05 bits per heavy atom. The third-order valence-electron chi connectivity index (χ3n) is 3.83. The molecule has 116 valence electrons. The molecule has 0 radical (unpaired) electrons. The number of urea groups is 1. The molecule has 1 aliphatic rings. The molecule has 1 aliphatic carbocycles. The molecule has 8 nitrogen and oxygen atoms in total. The minimum absolute atomic E-state index is 0.228. The number of aryl methyl sites for hydroxylation is 1. The monoisotopic (exact) mass is 295 g/mol. The zero-order valence-electron chi connectivity index (χ0n) is 12.3. The van der Waals surface area contributed by atoms with Crippen LogP contribution in [-0.2, 0) is 11.3 Å². The Labute approximate surface area is 122 Å². The largest absolute Gasteiger partial charge is 0.480 e. The summed E-state index contributed by atoms with van der Waals surface area (Å²) in [5, 5.41) is 18.8. The van der Waals surface area contributed by atoms with Crippen molar-refractivity contribution in [1.82, 2.24) is 25.4 Å². The minimum atomic E-state index is -1.14. The quantitative estimate of drug-likeness (QED) is 0.768. The van der Waals surface area contributed by atoms with Crippen molar-refractivity contribution in [2.75, 3.05) is 7.05 Å². The van der Waals surface area contributed by atoms with Crippen LogP contribution >= 0.6 is 0 Å². The van der Waals surface area contributed by atoms with Crippen molar-refractivity contribution in [3.8, 4) is 0 Å². The van der Waals surface area contributed by atoms with E-state index in [2.05, 4.69) is 20.5 Å². The third-order valence-corrected chi connectivity index (χ3v) is 3.83. The van der Waals surface area contributed by atoms with Crippen molar-refractivity contribution in [3.05, 3.63) is 11.6 Å². The number of aromatic nitrogens is 3. The van der Waals surface area contributed by atoms with Crippen LogP contribution in [0, 0.1) is 6.92 Å². The summed E-state index contributed by atoms with van der Waals surface area (Å²) in [6.07, 6.45) is 3.59. The molecule has 0 unspecified atom stereocenters. The Hall–Kier alpha value is -2.12. The van der Waals surface area contributed by atoms with Crippen molar-refractivity contribution >= 4 is 12.0 Å². The number of carbonyl (C=O) groups excluding carboxylic acids is 1. The lowest BCUT2D eigenvalue weighted by Crippen LogP contribution is -2.58. The number of nitrogens with zero attached hydrogens (tertiary/aromatic N) is 3. The maximum absolute atomic E-state index is 12.2. The maximum Gasteiger partial charge on any atom is 0.329 e. The lowest BCUT2D eigenvalue weighted by molar-refractivity contribution is -0.145. The number of hydrogen-bond donors (Lipinski definition) is 3. The molecular formula is C13H21N5O3. The van der Waals surface area contributed by atoms with Gasteiger partial charge in [0.05, 0.1) is 6.54 Å². The second-order valence-corrected chi connectivity index (χ2v) is 5.57. The average molecular weight is 295 g/mol. The second kappa shape index (κ2) is 6.11. The summed E-state index contributed by atoms with van der Waals surface area (Å²) in [6.45, 7) is 2.00. The first kappa shape index (κ1) is 15.3. The Bertz CT molecular complexity index is 522. The van der Waals surface area contributed by atoms with E-state index in [1.165, 1.54) is 4.90 Å². The summed E-state index contributed by atoms with van der Waals surface area (Å²) in [5.41, 5.74) is -1.14. The molecule has 0 aromatic carbocycles. The van der Waals surface area contributed by atoms with Crippen molar-refractivity contribution < 1.29 is 14.7 Å². The Kier molecular flexibility index (Phi) is 4.44. The van der Waals surface area contributed by atoms with Crippen molar-refractivity contribution in [2.45, 2.75) is 51.1 Å². The van der Waals surface area contributed by atoms with Gasteiger partial charge in [-0.15, -0.1) is 0 Å². The van der Waals surface area contributed by atoms with Crippen molar-refractivity contribution in [2.24, 2.45) is 0 Å². The molecule has 1 heterocycles. The maximum atomic E-state index is 12.2. The van der Waals surface area contributed by atoms with Gasteiger partial charge in [0, 0.05) is 7.05 Å². The normalized spacial score (nSPS) is 17.2. The summed E-state index contributed by atoms with van der Waals surface area (Å²) in [6, 6.07) is -0.415. The van der Waals surface area contributed by atoms with Crippen LogP contribution in [0.1, 0.15) is 43.8 Å². The molecule has 1 saturated carbocycles. The smallest absolute Gasteiger partial charge is 0.329 e. The molecule has 1 fully saturated rings. The molecule has 1 aromatic heterocycles. The third kappa shape index (κ3) is 3.50. The predicted octanol–water partition coefficient (Wildman–Crippen LogP) is 1.04. The highest BCUT2D eigenvalue weighted by Crippen LogP contribution is 2.28. The van der Waals surface area contributed by atoms with Crippen LogP contribution in [0.2, 0.25) is 0 Å². The van der Waals surface area contributed by atoms with Gasteiger partial charge in [-0.3, -0.25) is 5.10 Å².